The third-order valence-corrected chi connectivity index (χ3v) is 4.46. The summed E-state index contributed by atoms with van der Waals surface area (Å²) in [5.41, 5.74) is 1.96. The van der Waals surface area contributed by atoms with E-state index in [4.69, 9.17) is 4.74 Å². The number of amides is 1. The fraction of sp³-hybridized carbons (Fsp3) is 0.400. The third-order valence-electron chi connectivity index (χ3n) is 3.42. The summed E-state index contributed by atoms with van der Waals surface area (Å²) in [6.45, 7) is 5.54. The second-order valence-electron chi connectivity index (χ2n) is 5.13. The van der Waals surface area contributed by atoms with E-state index in [0.717, 1.165) is 16.1 Å². The predicted molar refractivity (Wildman–Crippen MR) is 80.4 cm³/mol. The van der Waals surface area contributed by atoms with Crippen molar-refractivity contribution in [2.24, 2.45) is 0 Å². The fourth-order valence-corrected chi connectivity index (χ4v) is 3.23. The van der Waals surface area contributed by atoms with Gasteiger partial charge in [0.15, 0.2) is 0 Å². The second-order valence-corrected chi connectivity index (χ2v) is 6.04. The molecule has 0 bridgehead atoms. The van der Waals surface area contributed by atoms with E-state index in [1.54, 1.807) is 6.20 Å². The lowest BCUT2D eigenvalue weighted by Crippen LogP contribution is -2.42. The molecule has 1 saturated heterocycles. The number of thiophene rings is 1. The lowest BCUT2D eigenvalue weighted by atomic mass is 10.2. The average molecular weight is 303 g/mol. The topological polar surface area (TPSA) is 55.3 Å². The molecule has 1 atom stereocenters. The lowest BCUT2D eigenvalue weighted by molar-refractivity contribution is -0.0246. The van der Waals surface area contributed by atoms with Crippen molar-refractivity contribution >= 4 is 17.2 Å². The summed E-state index contributed by atoms with van der Waals surface area (Å²) < 4.78 is 5.76. The van der Waals surface area contributed by atoms with Crippen LogP contribution in [0.1, 0.15) is 32.9 Å². The molecule has 1 unspecified atom stereocenters. The van der Waals surface area contributed by atoms with E-state index in [-0.39, 0.29) is 12.0 Å². The van der Waals surface area contributed by atoms with E-state index in [1.807, 2.05) is 36.3 Å². The first-order valence-corrected chi connectivity index (χ1v) is 7.77. The Morgan fingerprint density at radius 3 is 3.05 bits per heavy atom. The maximum atomic E-state index is 12.5. The Morgan fingerprint density at radius 2 is 2.33 bits per heavy atom. The Labute approximate surface area is 127 Å². The van der Waals surface area contributed by atoms with E-state index in [9.17, 15) is 4.79 Å². The highest BCUT2D eigenvalue weighted by molar-refractivity contribution is 7.12. The molecular weight excluding hydrogens is 286 g/mol. The quantitative estimate of drug-likeness (QED) is 0.854. The highest BCUT2D eigenvalue weighted by Crippen LogP contribution is 2.23. The van der Waals surface area contributed by atoms with Gasteiger partial charge in [-0.2, -0.15) is 0 Å². The van der Waals surface area contributed by atoms with Crippen LogP contribution in [0.3, 0.4) is 0 Å². The number of nitrogens with zero attached hydrogens (tertiary/aromatic N) is 3. The molecule has 0 aliphatic carbocycles. The number of aromatic nitrogens is 2. The van der Waals surface area contributed by atoms with Crippen molar-refractivity contribution in [3.05, 3.63) is 45.7 Å². The van der Waals surface area contributed by atoms with Crippen molar-refractivity contribution in [2.75, 3.05) is 19.7 Å². The Hall–Kier alpha value is -1.79. The fourth-order valence-electron chi connectivity index (χ4n) is 2.37. The van der Waals surface area contributed by atoms with Gasteiger partial charge >= 0.3 is 0 Å². The summed E-state index contributed by atoms with van der Waals surface area (Å²) in [7, 11) is 0. The maximum Gasteiger partial charge on any atom is 0.264 e. The average Bonchev–Trinajstić information content (AvgIpc) is 2.93. The largest absolute Gasteiger partial charge is 0.368 e. The van der Waals surface area contributed by atoms with Crippen LogP contribution >= 0.6 is 11.3 Å². The van der Waals surface area contributed by atoms with Gasteiger partial charge < -0.3 is 9.64 Å². The van der Waals surface area contributed by atoms with Crippen molar-refractivity contribution in [1.29, 1.82) is 0 Å². The van der Waals surface area contributed by atoms with Gasteiger partial charge in [0, 0.05) is 12.7 Å². The molecule has 3 heterocycles. The van der Waals surface area contributed by atoms with E-state index < -0.39 is 0 Å². The number of ether oxygens (including phenoxy) is 1. The Balaban J connectivity index is 1.75. The maximum absolute atomic E-state index is 12.5. The van der Waals surface area contributed by atoms with Crippen molar-refractivity contribution < 1.29 is 9.53 Å². The normalized spacial score (nSPS) is 18.8. The summed E-state index contributed by atoms with van der Waals surface area (Å²) in [4.78, 5) is 23.6. The second kappa shape index (κ2) is 5.91. The number of carbonyl (C=O) groups is 1. The summed E-state index contributed by atoms with van der Waals surface area (Å²) in [6, 6.07) is 3.78. The number of hydrogen-bond acceptors (Lipinski definition) is 5. The first-order chi connectivity index (χ1) is 10.1. The highest BCUT2D eigenvalue weighted by Gasteiger charge is 2.27. The third kappa shape index (κ3) is 3.11. The number of aryl methyl sites for hydroxylation is 2. The van der Waals surface area contributed by atoms with Gasteiger partial charge in [0.2, 0.25) is 0 Å². The molecule has 6 heteroatoms. The van der Waals surface area contributed by atoms with Gasteiger partial charge in [0.1, 0.15) is 11.9 Å². The van der Waals surface area contributed by atoms with Crippen molar-refractivity contribution in [3.8, 4) is 0 Å². The van der Waals surface area contributed by atoms with Gasteiger partial charge in [-0.15, -0.1) is 11.3 Å². The molecular formula is C15H17N3O2S. The van der Waals surface area contributed by atoms with Crippen LogP contribution < -0.4 is 0 Å². The lowest BCUT2D eigenvalue weighted by Gasteiger charge is -2.32. The van der Waals surface area contributed by atoms with Crippen LogP contribution in [0.15, 0.2) is 23.7 Å². The smallest absolute Gasteiger partial charge is 0.264 e. The standard InChI is InChI=1S/C15H17N3O2S/c1-10-7-14(21-9-10)15(19)18-5-6-20-13(8-18)12-3-4-16-11(2)17-12/h3-4,7,9,13H,5-6,8H2,1-2H3. The molecule has 5 nitrogen and oxygen atoms in total. The highest BCUT2D eigenvalue weighted by atomic mass is 32.1. The summed E-state index contributed by atoms with van der Waals surface area (Å²) in [6.07, 6.45) is 1.55. The van der Waals surface area contributed by atoms with Crippen molar-refractivity contribution in [3.63, 3.8) is 0 Å². The van der Waals surface area contributed by atoms with E-state index >= 15 is 0 Å². The zero-order valence-electron chi connectivity index (χ0n) is 12.1. The van der Waals surface area contributed by atoms with Crippen LogP contribution in [0.5, 0.6) is 0 Å². The zero-order chi connectivity index (χ0) is 14.8. The van der Waals surface area contributed by atoms with Gasteiger partial charge in [0.05, 0.1) is 23.7 Å². The number of morpholine rings is 1. The Kier molecular flexibility index (Phi) is 3.98. The van der Waals surface area contributed by atoms with Crippen molar-refractivity contribution in [1.82, 2.24) is 14.9 Å². The van der Waals surface area contributed by atoms with E-state index in [0.29, 0.717) is 25.5 Å². The minimum atomic E-state index is -0.176. The molecule has 0 N–H and O–H groups in total. The molecule has 0 aromatic carbocycles. The van der Waals surface area contributed by atoms with E-state index in [1.165, 1.54) is 11.3 Å². The molecule has 2 aromatic heterocycles. The molecule has 1 aliphatic rings. The first-order valence-electron chi connectivity index (χ1n) is 6.89. The van der Waals surface area contributed by atoms with E-state index in [2.05, 4.69) is 9.97 Å². The number of rotatable bonds is 2. The molecule has 0 saturated carbocycles. The molecule has 110 valence electrons. The summed E-state index contributed by atoms with van der Waals surface area (Å²) in [5, 5.41) is 2.00. The van der Waals surface area contributed by atoms with Crippen molar-refractivity contribution in [2.45, 2.75) is 20.0 Å². The first kappa shape index (κ1) is 14.2. The monoisotopic (exact) mass is 303 g/mol. The van der Waals surface area contributed by atoms with Crippen LogP contribution in [-0.2, 0) is 4.74 Å². The van der Waals surface area contributed by atoms with Crippen LogP contribution in [-0.4, -0.2) is 40.5 Å². The minimum absolute atomic E-state index is 0.0761. The summed E-state index contributed by atoms with van der Waals surface area (Å²) >= 11 is 1.49. The van der Waals surface area contributed by atoms with Gasteiger partial charge in [-0.1, -0.05) is 0 Å². The summed E-state index contributed by atoms with van der Waals surface area (Å²) in [5.74, 6) is 0.792. The number of carbonyl (C=O) groups excluding carboxylic acids is 1. The Bertz CT molecular complexity index is 656. The molecule has 0 spiro atoms. The molecule has 1 amide bonds. The zero-order valence-corrected chi connectivity index (χ0v) is 12.9. The molecule has 21 heavy (non-hydrogen) atoms. The molecule has 1 fully saturated rings. The minimum Gasteiger partial charge on any atom is -0.368 e. The number of hydrogen-bond donors (Lipinski definition) is 0. The van der Waals surface area contributed by atoms with Crippen LogP contribution in [0, 0.1) is 13.8 Å². The van der Waals surface area contributed by atoms with Gasteiger partial charge in [-0.25, -0.2) is 9.97 Å². The van der Waals surface area contributed by atoms with Gasteiger partial charge in [0.25, 0.3) is 5.91 Å². The Morgan fingerprint density at radius 1 is 1.48 bits per heavy atom. The van der Waals surface area contributed by atoms with Crippen LogP contribution in [0.25, 0.3) is 0 Å². The molecule has 2 aromatic rings. The molecule has 3 rings (SSSR count). The van der Waals surface area contributed by atoms with Gasteiger partial charge in [-0.3, -0.25) is 4.79 Å². The predicted octanol–water partition coefficient (Wildman–Crippen LogP) is 2.37. The SMILES string of the molecule is Cc1csc(C(=O)N2CCOC(c3ccnc(C)n3)C2)c1. The van der Waals surface area contributed by atoms with Gasteiger partial charge in [-0.05, 0) is 36.9 Å². The molecule has 1 aliphatic heterocycles. The van der Waals surface area contributed by atoms with Crippen LogP contribution in [0.2, 0.25) is 0 Å². The van der Waals surface area contributed by atoms with Crippen LogP contribution in [0.4, 0.5) is 0 Å². The molecule has 0 radical (unpaired) electrons.